The van der Waals surface area contributed by atoms with Crippen molar-refractivity contribution in [3.63, 3.8) is 0 Å². The summed E-state index contributed by atoms with van der Waals surface area (Å²) in [5, 5.41) is 15.3. The van der Waals surface area contributed by atoms with Crippen LogP contribution in [0.2, 0.25) is 0 Å². The van der Waals surface area contributed by atoms with Crippen molar-refractivity contribution in [1.29, 1.82) is 5.26 Å². The van der Waals surface area contributed by atoms with E-state index >= 15 is 0 Å². The molecule has 46 heavy (non-hydrogen) atoms. The van der Waals surface area contributed by atoms with Crippen molar-refractivity contribution in [2.45, 2.75) is 0 Å². The molecule has 9 rings (SSSR count). The van der Waals surface area contributed by atoms with Crippen molar-refractivity contribution < 1.29 is 0 Å². The Labute approximate surface area is 266 Å². The molecule has 0 aliphatic heterocycles. The molecule has 0 atom stereocenters. The van der Waals surface area contributed by atoms with E-state index in [4.69, 9.17) is 0 Å². The van der Waals surface area contributed by atoms with Crippen molar-refractivity contribution in [1.82, 2.24) is 9.13 Å². The molecule has 0 N–H and O–H groups in total. The Kier molecular flexibility index (Phi) is 5.88. The second kappa shape index (κ2) is 10.4. The third kappa shape index (κ3) is 3.98. The maximum absolute atomic E-state index is 10.6. The Balaban J connectivity index is 1.29. The number of para-hydroxylation sites is 2. The van der Waals surface area contributed by atoms with Gasteiger partial charge in [0.05, 0.1) is 33.3 Å². The molecule has 0 fully saturated rings. The van der Waals surface area contributed by atoms with Crippen molar-refractivity contribution in [2.24, 2.45) is 0 Å². The summed E-state index contributed by atoms with van der Waals surface area (Å²) in [5.74, 6) is 0. The number of rotatable bonds is 4. The first kappa shape index (κ1) is 26.1. The van der Waals surface area contributed by atoms with Crippen LogP contribution in [-0.2, 0) is 0 Å². The second-order valence-corrected chi connectivity index (χ2v) is 11.7. The SMILES string of the molecule is N#Cc1cc(-n2c3ccc(-c4ccccc4)cc3c3cc(-c4ccccc4)ccc32)ccc1-n1c2ccccc2c2ccccc21. The quantitative estimate of drug-likeness (QED) is 0.202. The molecular weight excluding hydrogens is 558 g/mol. The number of benzene rings is 7. The summed E-state index contributed by atoms with van der Waals surface area (Å²) in [6, 6.07) is 60.1. The van der Waals surface area contributed by atoms with Crippen LogP contribution in [0.4, 0.5) is 0 Å². The van der Waals surface area contributed by atoms with Gasteiger partial charge in [0.25, 0.3) is 0 Å². The summed E-state index contributed by atoms with van der Waals surface area (Å²) >= 11 is 0. The number of hydrogen-bond acceptors (Lipinski definition) is 1. The van der Waals surface area contributed by atoms with E-state index in [-0.39, 0.29) is 0 Å². The van der Waals surface area contributed by atoms with Crippen LogP contribution in [0.3, 0.4) is 0 Å². The van der Waals surface area contributed by atoms with Gasteiger partial charge in [-0.15, -0.1) is 0 Å². The van der Waals surface area contributed by atoms with Gasteiger partial charge in [0.15, 0.2) is 0 Å². The van der Waals surface area contributed by atoms with E-state index in [0.29, 0.717) is 5.56 Å². The second-order valence-electron chi connectivity index (χ2n) is 11.7. The summed E-state index contributed by atoms with van der Waals surface area (Å²) in [4.78, 5) is 0. The first-order valence-corrected chi connectivity index (χ1v) is 15.5. The van der Waals surface area contributed by atoms with Gasteiger partial charge in [-0.05, 0) is 76.9 Å². The molecule has 214 valence electrons. The maximum Gasteiger partial charge on any atom is 0.101 e. The van der Waals surface area contributed by atoms with Crippen LogP contribution in [0.15, 0.2) is 164 Å². The summed E-state index contributed by atoms with van der Waals surface area (Å²) < 4.78 is 4.52. The largest absolute Gasteiger partial charge is 0.309 e. The molecule has 3 heteroatoms. The van der Waals surface area contributed by atoms with Gasteiger partial charge in [-0.2, -0.15) is 5.26 Å². The van der Waals surface area contributed by atoms with Crippen LogP contribution in [0.5, 0.6) is 0 Å². The number of fused-ring (bicyclic) bond motifs is 6. The molecule has 0 saturated carbocycles. The highest BCUT2D eigenvalue weighted by Gasteiger charge is 2.18. The maximum atomic E-state index is 10.6. The molecule has 7 aromatic carbocycles. The van der Waals surface area contributed by atoms with E-state index in [1.807, 2.05) is 6.07 Å². The number of hydrogen-bond donors (Lipinski definition) is 0. The van der Waals surface area contributed by atoms with Crippen molar-refractivity contribution >= 4 is 43.6 Å². The number of aromatic nitrogens is 2. The molecule has 9 aromatic rings. The predicted octanol–water partition coefficient (Wildman–Crippen LogP) is 11.1. The lowest BCUT2D eigenvalue weighted by atomic mass is 10.0. The third-order valence-electron chi connectivity index (χ3n) is 9.16. The van der Waals surface area contributed by atoms with E-state index in [1.54, 1.807) is 0 Å². The minimum Gasteiger partial charge on any atom is -0.309 e. The van der Waals surface area contributed by atoms with Gasteiger partial charge in [0.1, 0.15) is 6.07 Å². The van der Waals surface area contributed by atoms with Crippen LogP contribution in [0.1, 0.15) is 5.56 Å². The minimum atomic E-state index is 0.626. The molecule has 3 nitrogen and oxygen atoms in total. The van der Waals surface area contributed by atoms with E-state index in [0.717, 1.165) is 33.4 Å². The van der Waals surface area contributed by atoms with Gasteiger partial charge in [0, 0.05) is 27.2 Å². The molecule has 2 aromatic heterocycles. The van der Waals surface area contributed by atoms with Crippen LogP contribution in [0.25, 0.3) is 77.2 Å². The van der Waals surface area contributed by atoms with Crippen LogP contribution < -0.4 is 0 Å². The lowest BCUT2D eigenvalue weighted by Gasteiger charge is -2.14. The smallest absolute Gasteiger partial charge is 0.101 e. The van der Waals surface area contributed by atoms with Gasteiger partial charge < -0.3 is 9.13 Å². The fourth-order valence-electron chi connectivity index (χ4n) is 7.05. The van der Waals surface area contributed by atoms with Crippen molar-refractivity contribution in [3.8, 4) is 39.7 Å². The van der Waals surface area contributed by atoms with Gasteiger partial charge >= 0.3 is 0 Å². The molecule has 0 spiro atoms. The Morgan fingerprint density at radius 3 is 1.37 bits per heavy atom. The average molecular weight is 586 g/mol. The molecule has 0 aliphatic carbocycles. The summed E-state index contributed by atoms with van der Waals surface area (Å²) in [7, 11) is 0. The Morgan fingerprint density at radius 1 is 0.370 bits per heavy atom. The highest BCUT2D eigenvalue weighted by Crippen LogP contribution is 2.39. The Morgan fingerprint density at radius 2 is 0.848 bits per heavy atom. The van der Waals surface area contributed by atoms with E-state index < -0.39 is 0 Å². The number of nitrogens with zero attached hydrogens (tertiary/aromatic N) is 3. The van der Waals surface area contributed by atoms with Gasteiger partial charge in [0.2, 0.25) is 0 Å². The third-order valence-corrected chi connectivity index (χ3v) is 9.16. The molecule has 0 aliphatic rings. The van der Waals surface area contributed by atoms with Gasteiger partial charge in [-0.3, -0.25) is 0 Å². The monoisotopic (exact) mass is 585 g/mol. The van der Waals surface area contributed by atoms with Crippen molar-refractivity contribution in [2.75, 3.05) is 0 Å². The topological polar surface area (TPSA) is 33.6 Å². The highest BCUT2D eigenvalue weighted by molar-refractivity contribution is 6.12. The lowest BCUT2D eigenvalue weighted by molar-refractivity contribution is 1.13. The van der Waals surface area contributed by atoms with Crippen LogP contribution in [-0.4, -0.2) is 9.13 Å². The first-order valence-electron chi connectivity index (χ1n) is 15.5. The standard InChI is InChI=1S/C43H27N3/c44-28-33-25-34(21-24-39(33)46-40-17-9-7-15-35(40)36-16-8-10-18-41(36)46)45-42-22-19-31(29-11-3-1-4-12-29)26-37(42)38-27-32(20-23-43(38)45)30-13-5-2-6-14-30/h1-27H. The first-order chi connectivity index (χ1) is 22.8. The van der Waals surface area contributed by atoms with E-state index in [1.165, 1.54) is 43.8 Å². The zero-order chi connectivity index (χ0) is 30.6. The van der Waals surface area contributed by atoms with Crippen LogP contribution in [0, 0.1) is 11.3 Å². The zero-order valence-corrected chi connectivity index (χ0v) is 24.9. The fraction of sp³-hybridized carbons (Fsp3) is 0. The summed E-state index contributed by atoms with van der Waals surface area (Å²) in [6.07, 6.45) is 0. The molecular formula is C43H27N3. The Bertz CT molecular complexity index is 2480. The van der Waals surface area contributed by atoms with E-state index in [9.17, 15) is 5.26 Å². The van der Waals surface area contributed by atoms with Gasteiger partial charge in [-0.25, -0.2) is 0 Å². The Hall–Kier alpha value is -6.37. The molecule has 0 amide bonds. The molecule has 2 heterocycles. The zero-order valence-electron chi connectivity index (χ0n) is 24.9. The lowest BCUT2D eigenvalue weighted by Crippen LogP contribution is -2.01. The fourth-order valence-corrected chi connectivity index (χ4v) is 7.05. The van der Waals surface area contributed by atoms with E-state index in [2.05, 4.69) is 173 Å². The molecule has 0 unspecified atom stereocenters. The molecule has 0 bridgehead atoms. The van der Waals surface area contributed by atoms with Crippen LogP contribution >= 0.6 is 0 Å². The highest BCUT2D eigenvalue weighted by atomic mass is 15.0. The normalized spacial score (nSPS) is 11.5. The molecule has 0 saturated heterocycles. The molecule has 0 radical (unpaired) electrons. The predicted molar refractivity (Wildman–Crippen MR) is 191 cm³/mol. The average Bonchev–Trinajstić information content (AvgIpc) is 3.64. The minimum absolute atomic E-state index is 0.626. The number of nitriles is 1. The summed E-state index contributed by atoms with van der Waals surface area (Å²) in [5.41, 5.74) is 11.6. The summed E-state index contributed by atoms with van der Waals surface area (Å²) in [6.45, 7) is 0. The van der Waals surface area contributed by atoms with Crippen molar-refractivity contribution in [3.05, 3.63) is 169 Å². The van der Waals surface area contributed by atoms with Gasteiger partial charge in [-0.1, -0.05) is 109 Å².